The maximum absolute atomic E-state index is 11.9. The first-order chi connectivity index (χ1) is 13.8. The van der Waals surface area contributed by atoms with E-state index in [-0.39, 0.29) is 17.3 Å². The number of nitro groups is 1. The Morgan fingerprint density at radius 1 is 1.10 bits per heavy atom. The van der Waals surface area contributed by atoms with Gasteiger partial charge in [0, 0.05) is 17.7 Å². The first-order valence-corrected chi connectivity index (χ1v) is 9.30. The Kier molecular flexibility index (Phi) is 6.59. The van der Waals surface area contributed by atoms with E-state index in [0.29, 0.717) is 32.7 Å². The molecule has 0 unspecified atom stereocenters. The number of esters is 1. The highest BCUT2D eigenvalue weighted by Crippen LogP contribution is 2.34. The van der Waals surface area contributed by atoms with Gasteiger partial charge in [-0.2, -0.15) is 0 Å². The molecule has 0 bridgehead atoms. The fourth-order valence-corrected chi connectivity index (χ4v) is 3.00. The molecule has 9 heteroatoms. The number of furan rings is 1. The number of nitro benzene ring substituents is 1. The van der Waals surface area contributed by atoms with Crippen molar-refractivity contribution in [1.29, 1.82) is 0 Å². The van der Waals surface area contributed by atoms with Gasteiger partial charge in [-0.1, -0.05) is 46.9 Å². The minimum Gasteiger partial charge on any atom is -0.457 e. The molecule has 0 spiro atoms. The molecule has 6 nitrogen and oxygen atoms in total. The number of nitrogens with zero attached hydrogens (tertiary/aromatic N) is 1. The summed E-state index contributed by atoms with van der Waals surface area (Å²) in [7, 11) is 0. The number of rotatable bonds is 6. The number of hydrogen-bond donors (Lipinski definition) is 0. The van der Waals surface area contributed by atoms with Gasteiger partial charge in [-0.25, -0.2) is 4.79 Å². The van der Waals surface area contributed by atoms with Crippen molar-refractivity contribution in [3.8, 4) is 11.3 Å². The van der Waals surface area contributed by atoms with Crippen molar-refractivity contribution >= 4 is 52.5 Å². The molecular weight excluding hydrogens is 441 g/mol. The minimum atomic E-state index is -0.638. The number of hydrogen-bond acceptors (Lipinski definition) is 5. The van der Waals surface area contributed by atoms with Gasteiger partial charge in [-0.05, 0) is 42.0 Å². The summed E-state index contributed by atoms with van der Waals surface area (Å²) in [5.41, 5.74) is 0.819. The average Bonchev–Trinajstić information content (AvgIpc) is 3.16. The predicted octanol–water partition coefficient (Wildman–Crippen LogP) is 6.57. The lowest BCUT2D eigenvalue weighted by Crippen LogP contribution is -1.99. The molecule has 0 saturated carbocycles. The fourth-order valence-electron chi connectivity index (χ4n) is 2.42. The number of carbonyl (C=O) groups is 1. The fraction of sp³-hybridized carbons (Fsp3) is 0.0500. The first kappa shape index (κ1) is 20.9. The van der Waals surface area contributed by atoms with Gasteiger partial charge in [-0.15, -0.1) is 0 Å². The van der Waals surface area contributed by atoms with Gasteiger partial charge in [0.15, 0.2) is 0 Å². The van der Waals surface area contributed by atoms with Crippen LogP contribution in [0.4, 0.5) is 5.69 Å². The topological polar surface area (TPSA) is 82.6 Å². The summed E-state index contributed by atoms with van der Waals surface area (Å²) in [6.45, 7) is -0.0951. The number of carbonyl (C=O) groups excluding carboxylic acids is 1. The van der Waals surface area contributed by atoms with Gasteiger partial charge in [0.25, 0.3) is 5.69 Å². The van der Waals surface area contributed by atoms with Crippen LogP contribution >= 0.6 is 34.8 Å². The van der Waals surface area contributed by atoms with Crippen molar-refractivity contribution in [2.75, 3.05) is 0 Å². The highest BCUT2D eigenvalue weighted by molar-refractivity contribution is 6.43. The molecule has 0 atom stereocenters. The monoisotopic (exact) mass is 451 g/mol. The van der Waals surface area contributed by atoms with Crippen LogP contribution in [0.25, 0.3) is 17.4 Å². The lowest BCUT2D eigenvalue weighted by Gasteiger charge is -2.03. The zero-order valence-corrected chi connectivity index (χ0v) is 16.9. The molecule has 1 heterocycles. The van der Waals surface area contributed by atoms with E-state index >= 15 is 0 Å². The van der Waals surface area contributed by atoms with Crippen LogP contribution in [0.15, 0.2) is 59.0 Å². The van der Waals surface area contributed by atoms with Crippen LogP contribution in [0.5, 0.6) is 0 Å². The second-order valence-corrected chi connectivity index (χ2v) is 6.97. The summed E-state index contributed by atoms with van der Waals surface area (Å²) >= 11 is 17.9. The molecule has 0 aliphatic heterocycles. The van der Waals surface area contributed by atoms with E-state index in [4.69, 9.17) is 44.0 Å². The first-order valence-electron chi connectivity index (χ1n) is 8.17. The van der Waals surface area contributed by atoms with Crippen LogP contribution in [0, 0.1) is 10.1 Å². The number of halogens is 3. The summed E-state index contributed by atoms with van der Waals surface area (Å²) in [5.74, 6) is 0.272. The van der Waals surface area contributed by atoms with Gasteiger partial charge < -0.3 is 9.15 Å². The maximum atomic E-state index is 11.9. The third-order valence-corrected chi connectivity index (χ3v) is 4.95. The van der Waals surface area contributed by atoms with Crippen LogP contribution in [-0.2, 0) is 16.1 Å². The summed E-state index contributed by atoms with van der Waals surface area (Å²) in [6.07, 6.45) is 2.55. The van der Waals surface area contributed by atoms with E-state index in [2.05, 4.69) is 0 Å². The van der Waals surface area contributed by atoms with Crippen LogP contribution < -0.4 is 0 Å². The molecule has 0 fully saturated rings. The maximum Gasteiger partial charge on any atom is 0.331 e. The Bertz CT molecular complexity index is 1110. The quantitative estimate of drug-likeness (QED) is 0.183. The Labute approximate surface area is 180 Å². The van der Waals surface area contributed by atoms with Crippen LogP contribution in [0.1, 0.15) is 11.3 Å². The van der Waals surface area contributed by atoms with Crippen molar-refractivity contribution in [2.24, 2.45) is 0 Å². The highest BCUT2D eigenvalue weighted by atomic mass is 35.5. The van der Waals surface area contributed by atoms with Gasteiger partial charge in [-0.3, -0.25) is 10.1 Å². The summed E-state index contributed by atoms with van der Waals surface area (Å²) in [4.78, 5) is 22.2. The molecule has 0 aliphatic carbocycles. The lowest BCUT2D eigenvalue weighted by molar-refractivity contribution is -0.384. The zero-order chi connectivity index (χ0) is 21.0. The van der Waals surface area contributed by atoms with Gasteiger partial charge in [0.05, 0.1) is 15.0 Å². The van der Waals surface area contributed by atoms with Crippen molar-refractivity contribution in [2.45, 2.75) is 6.61 Å². The predicted molar refractivity (Wildman–Crippen MR) is 111 cm³/mol. The zero-order valence-electron chi connectivity index (χ0n) is 14.6. The molecule has 2 aromatic carbocycles. The van der Waals surface area contributed by atoms with E-state index < -0.39 is 10.9 Å². The van der Waals surface area contributed by atoms with Gasteiger partial charge in [0.1, 0.15) is 23.2 Å². The Hall–Kier alpha value is -2.80. The Balaban J connectivity index is 1.62. The molecule has 0 N–H and O–H groups in total. The molecule has 1 aromatic heterocycles. The van der Waals surface area contributed by atoms with E-state index in [0.717, 1.165) is 6.08 Å². The van der Waals surface area contributed by atoms with E-state index in [1.807, 2.05) is 0 Å². The van der Waals surface area contributed by atoms with Crippen molar-refractivity contribution in [1.82, 2.24) is 0 Å². The molecular formula is C20H12Cl3NO5. The number of ether oxygens (including phenoxy) is 1. The Morgan fingerprint density at radius 2 is 1.90 bits per heavy atom. The van der Waals surface area contributed by atoms with Gasteiger partial charge in [0.2, 0.25) is 0 Å². The molecule has 3 aromatic rings. The minimum absolute atomic E-state index is 0.0168. The van der Waals surface area contributed by atoms with E-state index in [9.17, 15) is 14.9 Å². The molecule has 0 radical (unpaired) electrons. The lowest BCUT2D eigenvalue weighted by atomic mass is 10.2. The van der Waals surface area contributed by atoms with Crippen LogP contribution in [-0.4, -0.2) is 10.9 Å². The summed E-state index contributed by atoms with van der Waals surface area (Å²) in [6, 6.07) is 12.7. The van der Waals surface area contributed by atoms with Crippen molar-refractivity contribution < 1.29 is 18.9 Å². The van der Waals surface area contributed by atoms with Gasteiger partial charge >= 0.3 is 5.97 Å². The second kappa shape index (κ2) is 9.13. The normalized spacial score (nSPS) is 11.0. The van der Waals surface area contributed by atoms with Crippen LogP contribution in [0.2, 0.25) is 15.1 Å². The summed E-state index contributed by atoms with van der Waals surface area (Å²) < 4.78 is 10.8. The molecule has 0 saturated heterocycles. The third-order valence-electron chi connectivity index (χ3n) is 3.81. The molecule has 0 aliphatic rings. The molecule has 3 rings (SSSR count). The highest BCUT2D eigenvalue weighted by Gasteiger charge is 2.13. The van der Waals surface area contributed by atoms with Crippen molar-refractivity contribution in [3.63, 3.8) is 0 Å². The van der Waals surface area contributed by atoms with Crippen molar-refractivity contribution in [3.05, 3.63) is 91.1 Å². The largest absolute Gasteiger partial charge is 0.457 e. The SMILES string of the molecule is O=C(/C=C/c1ccc(Cl)c([N+](=O)[O-])c1)OCc1ccc(-c2cccc(Cl)c2Cl)o1. The third kappa shape index (κ3) is 5.17. The van der Waals surface area contributed by atoms with Crippen LogP contribution in [0.3, 0.4) is 0 Å². The number of benzene rings is 2. The second-order valence-electron chi connectivity index (χ2n) is 5.78. The molecule has 29 heavy (non-hydrogen) atoms. The molecule has 148 valence electrons. The standard InChI is InChI=1S/C20H12Cl3NO5/c21-15-7-4-12(10-17(15)24(26)27)5-9-19(25)28-11-13-6-8-18(29-13)14-2-1-3-16(22)20(14)23/h1-10H,11H2/b9-5+. The molecule has 0 amide bonds. The smallest absolute Gasteiger partial charge is 0.331 e. The van der Waals surface area contributed by atoms with E-state index in [1.54, 1.807) is 36.4 Å². The summed E-state index contributed by atoms with van der Waals surface area (Å²) in [5, 5.41) is 11.7. The average molecular weight is 453 g/mol. The van der Waals surface area contributed by atoms with E-state index in [1.165, 1.54) is 18.2 Å². The Morgan fingerprint density at radius 3 is 2.66 bits per heavy atom.